The number of carbonyl (C=O) groups excluding carboxylic acids is 2. The molecule has 3 unspecified atom stereocenters. The number of hydrogen-bond donors (Lipinski definition) is 6. The van der Waals surface area contributed by atoms with Crippen LogP contribution in [0.5, 0.6) is 0 Å². The Hall–Kier alpha value is -2.20. The second-order valence-electron chi connectivity index (χ2n) is 4.35. The molecule has 0 radical (unpaired) electrons. The van der Waals surface area contributed by atoms with E-state index >= 15 is 0 Å². The zero-order chi connectivity index (χ0) is 16.6. The quantitative estimate of drug-likeness (QED) is 0.265. The Labute approximate surface area is 120 Å². The predicted octanol–water partition coefficient (Wildman–Crippen LogP) is -2.76. The first-order chi connectivity index (χ1) is 9.68. The van der Waals surface area contributed by atoms with Gasteiger partial charge in [0, 0.05) is 6.42 Å². The van der Waals surface area contributed by atoms with Gasteiger partial charge in [0.25, 0.3) is 0 Å². The van der Waals surface area contributed by atoms with Gasteiger partial charge in [-0.25, -0.2) is 4.79 Å². The van der Waals surface area contributed by atoms with E-state index in [2.05, 4.69) is 5.32 Å². The van der Waals surface area contributed by atoms with Crippen LogP contribution in [0.4, 0.5) is 0 Å². The number of carboxylic acids is 2. The van der Waals surface area contributed by atoms with Crippen molar-refractivity contribution in [3.63, 3.8) is 0 Å². The largest absolute Gasteiger partial charge is 0.481 e. The van der Waals surface area contributed by atoms with E-state index in [4.69, 9.17) is 21.1 Å². The van der Waals surface area contributed by atoms with Gasteiger partial charge in [0.2, 0.25) is 11.8 Å². The van der Waals surface area contributed by atoms with Crippen LogP contribution in [0, 0.1) is 0 Å². The predicted molar refractivity (Wildman–Crippen MR) is 69.1 cm³/mol. The fourth-order valence-electron chi connectivity index (χ4n) is 1.28. The second kappa shape index (κ2) is 8.87. The molecule has 0 aliphatic heterocycles. The smallest absolute Gasteiger partial charge is 0.328 e. The summed E-state index contributed by atoms with van der Waals surface area (Å²) < 4.78 is 0. The van der Waals surface area contributed by atoms with Crippen LogP contribution in [-0.4, -0.2) is 63.8 Å². The molecule has 0 rings (SSSR count). The summed E-state index contributed by atoms with van der Waals surface area (Å²) >= 11 is 0. The number of hydrogen-bond acceptors (Lipinski definition) is 6. The lowest BCUT2D eigenvalue weighted by Gasteiger charge is -2.19. The van der Waals surface area contributed by atoms with Gasteiger partial charge < -0.3 is 31.7 Å². The van der Waals surface area contributed by atoms with Gasteiger partial charge in [-0.05, 0) is 13.3 Å². The maximum absolute atomic E-state index is 11.6. The standard InChI is InChI=1S/C11H19N3O7/c1-5(9(18)14-7(4-15)11(20)21)13-10(19)6(12)2-3-8(16)17/h5-7,15H,2-4,12H2,1H3,(H,13,19)(H,14,18)(H,16,17)(H,20,21). The van der Waals surface area contributed by atoms with Crippen LogP contribution >= 0.6 is 0 Å². The van der Waals surface area contributed by atoms with Crippen molar-refractivity contribution in [3.8, 4) is 0 Å². The van der Waals surface area contributed by atoms with E-state index in [0.29, 0.717) is 0 Å². The zero-order valence-corrected chi connectivity index (χ0v) is 11.4. The average molecular weight is 305 g/mol. The molecule has 0 saturated heterocycles. The van der Waals surface area contributed by atoms with E-state index < -0.39 is 48.5 Å². The number of aliphatic hydroxyl groups excluding tert-OH is 1. The van der Waals surface area contributed by atoms with Crippen molar-refractivity contribution in [1.29, 1.82) is 0 Å². The lowest BCUT2D eigenvalue weighted by molar-refractivity contribution is -0.143. The van der Waals surface area contributed by atoms with Gasteiger partial charge in [-0.1, -0.05) is 0 Å². The first-order valence-electron chi connectivity index (χ1n) is 6.10. The molecule has 0 aromatic rings. The normalized spacial score (nSPS) is 14.6. The maximum Gasteiger partial charge on any atom is 0.328 e. The van der Waals surface area contributed by atoms with Crippen LogP contribution in [-0.2, 0) is 19.2 Å². The summed E-state index contributed by atoms with van der Waals surface area (Å²) in [4.78, 5) is 44.2. The van der Waals surface area contributed by atoms with E-state index in [0.717, 1.165) is 0 Å². The van der Waals surface area contributed by atoms with Crippen molar-refractivity contribution in [3.05, 3.63) is 0 Å². The number of carboxylic acid groups (broad SMARTS) is 2. The molecule has 7 N–H and O–H groups in total. The van der Waals surface area contributed by atoms with E-state index in [9.17, 15) is 19.2 Å². The number of carbonyl (C=O) groups is 4. The summed E-state index contributed by atoms with van der Waals surface area (Å²) in [6.45, 7) is 0.507. The third kappa shape index (κ3) is 7.22. The van der Waals surface area contributed by atoms with Gasteiger partial charge in [0.15, 0.2) is 0 Å². The van der Waals surface area contributed by atoms with E-state index in [-0.39, 0.29) is 12.8 Å². The molecule has 0 aliphatic rings. The van der Waals surface area contributed by atoms with Crippen molar-refractivity contribution >= 4 is 23.8 Å². The van der Waals surface area contributed by atoms with Gasteiger partial charge in [-0.2, -0.15) is 0 Å². The third-order valence-corrected chi connectivity index (χ3v) is 2.56. The molecule has 0 saturated carbocycles. The topological polar surface area (TPSA) is 179 Å². The third-order valence-electron chi connectivity index (χ3n) is 2.56. The molecule has 0 fully saturated rings. The molecule has 0 heterocycles. The summed E-state index contributed by atoms with van der Waals surface area (Å²) in [6.07, 6.45) is -0.384. The van der Waals surface area contributed by atoms with Gasteiger partial charge in [0.1, 0.15) is 12.1 Å². The minimum absolute atomic E-state index is 0.0934. The van der Waals surface area contributed by atoms with Gasteiger partial charge in [-0.3, -0.25) is 14.4 Å². The first-order valence-corrected chi connectivity index (χ1v) is 6.10. The molecular formula is C11H19N3O7. The number of rotatable bonds is 9. The molecular weight excluding hydrogens is 286 g/mol. The molecule has 0 aliphatic carbocycles. The highest BCUT2D eigenvalue weighted by Crippen LogP contribution is 1.96. The highest BCUT2D eigenvalue weighted by atomic mass is 16.4. The summed E-state index contributed by atoms with van der Waals surface area (Å²) in [6, 6.07) is -3.65. The SMILES string of the molecule is CC(NC(=O)C(N)CCC(=O)O)C(=O)NC(CO)C(=O)O. The average Bonchev–Trinajstić information content (AvgIpc) is 2.40. The Balaban J connectivity index is 4.36. The molecule has 21 heavy (non-hydrogen) atoms. The monoisotopic (exact) mass is 305 g/mol. The molecule has 0 spiro atoms. The number of nitrogens with two attached hydrogens (primary N) is 1. The molecule has 0 bridgehead atoms. The summed E-state index contributed by atoms with van der Waals surface area (Å²) in [7, 11) is 0. The Morgan fingerprint density at radius 3 is 2.10 bits per heavy atom. The van der Waals surface area contributed by atoms with Crippen molar-refractivity contribution in [1.82, 2.24) is 10.6 Å². The minimum Gasteiger partial charge on any atom is -0.481 e. The molecule has 2 amide bonds. The van der Waals surface area contributed by atoms with Gasteiger partial charge >= 0.3 is 11.9 Å². The Bertz CT molecular complexity index is 413. The van der Waals surface area contributed by atoms with Crippen LogP contribution < -0.4 is 16.4 Å². The fourth-order valence-corrected chi connectivity index (χ4v) is 1.28. The number of aliphatic hydroxyl groups is 1. The van der Waals surface area contributed by atoms with E-state index in [1.54, 1.807) is 0 Å². The lowest BCUT2D eigenvalue weighted by atomic mass is 10.1. The molecule has 10 nitrogen and oxygen atoms in total. The van der Waals surface area contributed by atoms with Crippen molar-refractivity contribution in [2.24, 2.45) is 5.73 Å². The second-order valence-corrected chi connectivity index (χ2v) is 4.35. The molecule has 3 atom stereocenters. The van der Waals surface area contributed by atoms with Crippen LogP contribution in [0.25, 0.3) is 0 Å². The van der Waals surface area contributed by atoms with Crippen LogP contribution in [0.1, 0.15) is 19.8 Å². The molecule has 0 aromatic carbocycles. The number of nitrogens with one attached hydrogen (secondary N) is 2. The molecule has 0 aromatic heterocycles. The molecule has 10 heteroatoms. The van der Waals surface area contributed by atoms with Crippen molar-refractivity contribution in [2.75, 3.05) is 6.61 Å². The maximum atomic E-state index is 11.6. The Morgan fingerprint density at radius 1 is 1.10 bits per heavy atom. The van der Waals surface area contributed by atoms with Crippen LogP contribution in [0.15, 0.2) is 0 Å². The fraction of sp³-hybridized carbons (Fsp3) is 0.636. The van der Waals surface area contributed by atoms with Crippen molar-refractivity contribution < 1.29 is 34.5 Å². The van der Waals surface area contributed by atoms with Crippen LogP contribution in [0.2, 0.25) is 0 Å². The zero-order valence-electron chi connectivity index (χ0n) is 11.4. The Morgan fingerprint density at radius 2 is 1.67 bits per heavy atom. The minimum atomic E-state index is -1.47. The summed E-state index contributed by atoms with van der Waals surface area (Å²) in [5.41, 5.74) is 5.45. The summed E-state index contributed by atoms with van der Waals surface area (Å²) in [5, 5.41) is 30.1. The molecule has 120 valence electrons. The first kappa shape index (κ1) is 18.8. The highest BCUT2D eigenvalue weighted by Gasteiger charge is 2.24. The highest BCUT2D eigenvalue weighted by molar-refractivity contribution is 5.91. The van der Waals surface area contributed by atoms with Gasteiger partial charge in [0.05, 0.1) is 12.6 Å². The summed E-state index contributed by atoms with van der Waals surface area (Å²) in [5.74, 6) is -4.05. The van der Waals surface area contributed by atoms with Crippen molar-refractivity contribution in [2.45, 2.75) is 37.9 Å². The van der Waals surface area contributed by atoms with Gasteiger partial charge in [-0.15, -0.1) is 0 Å². The number of aliphatic carboxylic acids is 2. The van der Waals surface area contributed by atoms with E-state index in [1.807, 2.05) is 5.32 Å². The Kier molecular flexibility index (Phi) is 7.94. The number of amides is 2. The van der Waals surface area contributed by atoms with E-state index in [1.165, 1.54) is 6.92 Å². The van der Waals surface area contributed by atoms with Crippen LogP contribution in [0.3, 0.4) is 0 Å². The lowest BCUT2D eigenvalue weighted by Crippen LogP contribution is -2.54.